The van der Waals surface area contributed by atoms with Crippen molar-refractivity contribution in [2.24, 2.45) is 0 Å². The van der Waals surface area contributed by atoms with Gasteiger partial charge in [0.15, 0.2) is 0 Å². The van der Waals surface area contributed by atoms with Crippen LogP contribution in [0.3, 0.4) is 0 Å². The fraction of sp³-hybridized carbons (Fsp3) is 0.0556. The minimum absolute atomic E-state index is 0. The van der Waals surface area contributed by atoms with Crippen molar-refractivity contribution < 1.29 is 5.11 Å². The van der Waals surface area contributed by atoms with E-state index in [4.69, 9.17) is 5.11 Å². The van der Waals surface area contributed by atoms with E-state index in [0.29, 0.717) is 0 Å². The van der Waals surface area contributed by atoms with Gasteiger partial charge in [-0.2, -0.15) is 0 Å². The molecular weight excluding hydrogens is 479 g/mol. The second-order valence-corrected chi connectivity index (χ2v) is 12.4. The Morgan fingerprint density at radius 3 is 1.39 bits per heavy atom. The van der Waals surface area contributed by atoms with E-state index in [9.17, 15) is 0 Å². The van der Waals surface area contributed by atoms with Gasteiger partial charge in [0.1, 0.15) is 28.5 Å². The number of hydrogen-bond donors (Lipinski definition) is 0. The monoisotopic (exact) mass is 510 g/mol. The molecule has 0 fully saturated rings. The lowest BCUT2D eigenvalue weighted by Crippen LogP contribution is -2.39. The minimum atomic E-state index is -2.19. The van der Waals surface area contributed by atoms with E-state index < -0.39 is 7.26 Å². The molecule has 0 radical (unpaired) electrons. The maximum absolute atomic E-state index is 8.93. The van der Waals surface area contributed by atoms with Gasteiger partial charge < -0.3 is 5.11 Å². The third-order valence-corrected chi connectivity index (χ3v) is 11.1. The Labute approximate surface area is 226 Å². The van der Waals surface area contributed by atoms with E-state index in [-0.39, 0.29) is 6.61 Å². The maximum Gasteiger partial charge on any atom is 0.144 e. The van der Waals surface area contributed by atoms with Crippen LogP contribution >= 0.6 is 7.26 Å². The van der Waals surface area contributed by atoms with Crippen LogP contribution in [-0.4, -0.2) is 6.61 Å². The second-order valence-electron chi connectivity index (χ2n) is 9.01. The van der Waals surface area contributed by atoms with E-state index >= 15 is 0 Å². The molecule has 2 heteroatoms. The molecule has 1 nitrogen and oxygen atoms in total. The number of hydrogen-bond acceptors (Lipinski definition) is 1. The van der Waals surface area contributed by atoms with Gasteiger partial charge in [0, 0.05) is 5.56 Å². The normalized spacial score (nSPS) is 11.0. The van der Waals surface area contributed by atoms with Crippen molar-refractivity contribution in [3.8, 4) is 11.1 Å². The van der Waals surface area contributed by atoms with Crippen molar-refractivity contribution in [3.05, 3.63) is 158 Å². The van der Waals surface area contributed by atoms with Crippen LogP contribution in [-0.2, 0) is 0 Å². The van der Waals surface area contributed by atoms with E-state index in [1.54, 1.807) is 6.92 Å². The molecule has 0 saturated heterocycles. The Kier molecular flexibility index (Phi) is 8.09. The molecule has 0 aromatic heterocycles. The van der Waals surface area contributed by atoms with Gasteiger partial charge in [0.05, 0.1) is 0 Å². The SMILES string of the molecule is CC[O-].c1ccc([P+](c2ccccc2)(c2ccccc2)c2ccccc2-c2cccc3ccccc23)cc1. The van der Waals surface area contributed by atoms with Gasteiger partial charge in [0.2, 0.25) is 0 Å². The van der Waals surface area contributed by atoms with Crippen LogP contribution in [0.15, 0.2) is 158 Å². The average Bonchev–Trinajstić information content (AvgIpc) is 3.00. The van der Waals surface area contributed by atoms with Crippen molar-refractivity contribution in [2.75, 3.05) is 6.61 Å². The highest BCUT2D eigenvalue weighted by Crippen LogP contribution is 2.56. The number of rotatable bonds is 5. The van der Waals surface area contributed by atoms with E-state index in [2.05, 4.69) is 158 Å². The predicted molar refractivity (Wildman–Crippen MR) is 165 cm³/mol. The summed E-state index contributed by atoms with van der Waals surface area (Å²) in [5.41, 5.74) is 2.58. The molecule has 0 N–H and O–H groups in total. The zero-order valence-electron chi connectivity index (χ0n) is 21.6. The quantitative estimate of drug-likeness (QED) is 0.243. The van der Waals surface area contributed by atoms with Crippen LogP contribution < -0.4 is 26.3 Å². The summed E-state index contributed by atoms with van der Waals surface area (Å²) in [4.78, 5) is 0. The molecule has 0 spiro atoms. The molecule has 0 aliphatic heterocycles. The Bertz CT molecular complexity index is 1490. The van der Waals surface area contributed by atoms with Crippen molar-refractivity contribution in [3.63, 3.8) is 0 Å². The number of fused-ring (bicyclic) bond motifs is 1. The fourth-order valence-corrected chi connectivity index (χ4v) is 9.73. The van der Waals surface area contributed by atoms with Crippen LogP contribution in [0, 0.1) is 0 Å². The minimum Gasteiger partial charge on any atom is -0.855 e. The maximum atomic E-state index is 8.93. The molecule has 0 atom stereocenters. The van der Waals surface area contributed by atoms with Crippen molar-refractivity contribution in [1.29, 1.82) is 0 Å². The Morgan fingerprint density at radius 2 is 0.842 bits per heavy atom. The lowest BCUT2D eigenvalue weighted by Gasteiger charge is -2.29. The molecule has 6 aromatic carbocycles. The van der Waals surface area contributed by atoms with Gasteiger partial charge in [-0.1, -0.05) is 122 Å². The summed E-state index contributed by atoms with van der Waals surface area (Å²) in [6.45, 7) is 1.57. The summed E-state index contributed by atoms with van der Waals surface area (Å²) in [6.07, 6.45) is 0. The molecule has 0 unspecified atom stereocenters. The fourth-order valence-electron chi connectivity index (χ4n) is 5.27. The van der Waals surface area contributed by atoms with Crippen LogP contribution in [0.25, 0.3) is 21.9 Å². The molecule has 186 valence electrons. The first kappa shape index (κ1) is 25.6. The van der Waals surface area contributed by atoms with Crippen molar-refractivity contribution in [2.45, 2.75) is 6.92 Å². The zero-order valence-corrected chi connectivity index (χ0v) is 22.5. The third kappa shape index (κ3) is 4.79. The van der Waals surface area contributed by atoms with Gasteiger partial charge in [0.25, 0.3) is 0 Å². The molecule has 38 heavy (non-hydrogen) atoms. The van der Waals surface area contributed by atoms with Crippen molar-refractivity contribution >= 4 is 39.3 Å². The van der Waals surface area contributed by atoms with Gasteiger partial charge in [-0.15, -0.1) is 6.61 Å². The molecule has 0 heterocycles. The topological polar surface area (TPSA) is 23.1 Å². The predicted octanol–water partition coefficient (Wildman–Crippen LogP) is 6.49. The summed E-state index contributed by atoms with van der Waals surface area (Å²) in [5.74, 6) is 0. The van der Waals surface area contributed by atoms with E-state index in [0.717, 1.165) is 0 Å². The largest absolute Gasteiger partial charge is 0.855 e. The standard InChI is InChI=1S/C34H26P.C2H5O/c1-4-17-28(18-5-1)35(29-19-6-2-7-20-29,30-21-8-3-9-22-30)34-26-13-12-24-33(34)32-25-14-16-27-15-10-11-23-31(27)32;1-2-3/h1-26H;2H2,1H3/q+1;-1. The number of benzene rings is 6. The van der Waals surface area contributed by atoms with Crippen LogP contribution in [0.2, 0.25) is 0 Å². The van der Waals surface area contributed by atoms with Gasteiger partial charge >= 0.3 is 0 Å². The molecule has 6 rings (SSSR count). The van der Waals surface area contributed by atoms with Gasteiger partial charge in [-0.3, -0.25) is 0 Å². The zero-order chi connectivity index (χ0) is 26.2. The molecular formula is C36H31OP. The third-order valence-electron chi connectivity index (χ3n) is 6.78. The summed E-state index contributed by atoms with van der Waals surface area (Å²) < 4.78 is 0. The highest BCUT2D eigenvalue weighted by molar-refractivity contribution is 8.01. The Morgan fingerprint density at radius 1 is 0.447 bits per heavy atom. The Hall–Kier alpha value is -4.03. The highest BCUT2D eigenvalue weighted by atomic mass is 31.2. The summed E-state index contributed by atoms with van der Waals surface area (Å²) in [6, 6.07) is 57.7. The van der Waals surface area contributed by atoms with Gasteiger partial charge in [-0.05, 0) is 58.8 Å². The first-order valence-corrected chi connectivity index (χ1v) is 14.8. The Balaban J connectivity index is 0.000000937. The van der Waals surface area contributed by atoms with E-state index in [1.807, 2.05) is 0 Å². The van der Waals surface area contributed by atoms with Crippen LogP contribution in [0.1, 0.15) is 6.92 Å². The van der Waals surface area contributed by atoms with Crippen LogP contribution in [0.4, 0.5) is 0 Å². The highest BCUT2D eigenvalue weighted by Gasteiger charge is 2.49. The molecule has 0 aliphatic carbocycles. The molecule has 0 aliphatic rings. The molecule has 0 bridgehead atoms. The van der Waals surface area contributed by atoms with Crippen LogP contribution in [0.5, 0.6) is 0 Å². The lowest BCUT2D eigenvalue weighted by molar-refractivity contribution is -0.361. The molecule has 0 saturated carbocycles. The van der Waals surface area contributed by atoms with Crippen molar-refractivity contribution in [1.82, 2.24) is 0 Å². The molecule has 6 aromatic rings. The van der Waals surface area contributed by atoms with Gasteiger partial charge in [-0.25, -0.2) is 0 Å². The first-order chi connectivity index (χ1) is 18.8. The smallest absolute Gasteiger partial charge is 0.144 e. The summed E-state index contributed by atoms with van der Waals surface area (Å²) in [7, 11) is -2.19. The second kappa shape index (κ2) is 12.0. The lowest BCUT2D eigenvalue weighted by atomic mass is 9.98. The first-order valence-electron chi connectivity index (χ1n) is 13.0. The van der Waals surface area contributed by atoms with E-state index in [1.165, 1.54) is 43.1 Å². The summed E-state index contributed by atoms with van der Waals surface area (Å²) in [5, 5.41) is 17.0. The summed E-state index contributed by atoms with van der Waals surface area (Å²) >= 11 is 0. The molecule has 0 amide bonds. The average molecular weight is 511 g/mol.